The van der Waals surface area contributed by atoms with E-state index in [9.17, 15) is 0 Å². The van der Waals surface area contributed by atoms with Gasteiger partial charge in [-0.3, -0.25) is 4.98 Å². The molecule has 0 aliphatic carbocycles. The Bertz CT molecular complexity index is 384. The van der Waals surface area contributed by atoms with E-state index < -0.39 is 0 Å². The van der Waals surface area contributed by atoms with Crippen molar-refractivity contribution in [2.45, 2.75) is 46.3 Å². The first-order valence-corrected chi connectivity index (χ1v) is 6.03. The largest absolute Gasteiger partial charge is 0.489 e. The highest BCUT2D eigenvalue weighted by molar-refractivity contribution is 5.63. The number of pyridine rings is 1. The molecule has 94 valence electrons. The van der Waals surface area contributed by atoms with Crippen LogP contribution < -0.4 is 10.5 Å². The van der Waals surface area contributed by atoms with E-state index >= 15 is 0 Å². The molecule has 3 nitrogen and oxygen atoms in total. The summed E-state index contributed by atoms with van der Waals surface area (Å²) in [5.41, 5.74) is 8.00. The molecule has 0 spiro atoms. The second-order valence-electron chi connectivity index (χ2n) is 4.68. The molecule has 0 fully saturated rings. The normalized spacial score (nSPS) is 13.9. The second-order valence-corrected chi connectivity index (χ2v) is 4.68. The van der Waals surface area contributed by atoms with Gasteiger partial charge in [0.25, 0.3) is 0 Å². The van der Waals surface area contributed by atoms with Crippen molar-refractivity contribution in [3.8, 4) is 5.75 Å². The third kappa shape index (κ3) is 5.00. The fourth-order valence-electron chi connectivity index (χ4n) is 1.45. The first-order chi connectivity index (χ1) is 7.99. The van der Waals surface area contributed by atoms with E-state index in [0.717, 1.165) is 17.7 Å². The summed E-state index contributed by atoms with van der Waals surface area (Å²) in [5.74, 6) is 0.811. The Labute approximate surface area is 104 Å². The van der Waals surface area contributed by atoms with Gasteiger partial charge in [-0.1, -0.05) is 6.08 Å². The summed E-state index contributed by atoms with van der Waals surface area (Å²) in [6.45, 7) is 8.08. The average molecular weight is 234 g/mol. The number of rotatable bonds is 5. The molecule has 2 N–H and O–H groups in total. The Kier molecular flexibility index (Phi) is 5.16. The first kappa shape index (κ1) is 13.7. The zero-order chi connectivity index (χ0) is 12.8. The van der Waals surface area contributed by atoms with Crippen LogP contribution in [0.3, 0.4) is 0 Å². The molecule has 0 saturated carbocycles. The van der Waals surface area contributed by atoms with Gasteiger partial charge in [-0.05, 0) is 51.3 Å². The number of ether oxygens (including phenoxy) is 1. The van der Waals surface area contributed by atoms with Crippen molar-refractivity contribution in [1.82, 2.24) is 4.98 Å². The third-order valence-electron chi connectivity index (χ3n) is 2.34. The van der Waals surface area contributed by atoms with Gasteiger partial charge in [-0.25, -0.2) is 0 Å². The lowest BCUT2D eigenvalue weighted by Gasteiger charge is -2.10. The molecule has 3 heteroatoms. The Morgan fingerprint density at radius 2 is 2.12 bits per heavy atom. The number of allylic oxidation sites excluding steroid dienone is 1. The fourth-order valence-corrected chi connectivity index (χ4v) is 1.45. The summed E-state index contributed by atoms with van der Waals surface area (Å²) in [5, 5.41) is 0. The molecule has 0 aromatic carbocycles. The molecular weight excluding hydrogens is 212 g/mol. The van der Waals surface area contributed by atoms with Crippen LogP contribution in [-0.4, -0.2) is 17.1 Å². The van der Waals surface area contributed by atoms with Crippen LogP contribution in [0.4, 0.5) is 0 Å². The molecule has 0 bridgehead atoms. The van der Waals surface area contributed by atoms with E-state index in [1.807, 2.05) is 33.0 Å². The Hall–Kier alpha value is -1.35. The smallest absolute Gasteiger partial charge is 0.138 e. The summed E-state index contributed by atoms with van der Waals surface area (Å²) in [6, 6.07) is 2.20. The van der Waals surface area contributed by atoms with Gasteiger partial charge in [-0.15, -0.1) is 0 Å². The van der Waals surface area contributed by atoms with Crippen LogP contribution >= 0.6 is 0 Å². The van der Waals surface area contributed by atoms with Gasteiger partial charge in [0.2, 0.25) is 0 Å². The summed E-state index contributed by atoms with van der Waals surface area (Å²) >= 11 is 0. The van der Waals surface area contributed by atoms with Gasteiger partial charge in [0.05, 0.1) is 12.3 Å². The van der Waals surface area contributed by atoms with Crippen molar-refractivity contribution in [2.24, 2.45) is 5.73 Å². The average Bonchev–Trinajstić information content (AvgIpc) is 2.25. The minimum absolute atomic E-state index is 0.167. The maximum atomic E-state index is 5.73. The minimum Gasteiger partial charge on any atom is -0.489 e. The zero-order valence-electron chi connectivity index (χ0n) is 11.1. The molecule has 1 rings (SSSR count). The maximum Gasteiger partial charge on any atom is 0.138 e. The fraction of sp³-hybridized carbons (Fsp3) is 0.500. The SMILES string of the molecule is CC(=CCC(C)N)c1cncc(OC(C)C)c1. The van der Waals surface area contributed by atoms with E-state index in [4.69, 9.17) is 10.5 Å². The maximum absolute atomic E-state index is 5.73. The van der Waals surface area contributed by atoms with Gasteiger partial charge in [0.1, 0.15) is 5.75 Å². The molecule has 1 aromatic rings. The van der Waals surface area contributed by atoms with E-state index in [1.54, 1.807) is 6.20 Å². The number of aromatic nitrogens is 1. The van der Waals surface area contributed by atoms with Crippen LogP contribution in [0.15, 0.2) is 24.5 Å². The Balaban J connectivity index is 2.80. The summed E-state index contributed by atoms with van der Waals surface area (Å²) in [4.78, 5) is 4.19. The molecule has 1 heterocycles. The van der Waals surface area contributed by atoms with Crippen molar-refractivity contribution >= 4 is 5.57 Å². The van der Waals surface area contributed by atoms with Crippen molar-refractivity contribution in [1.29, 1.82) is 0 Å². The number of nitrogens with two attached hydrogens (primary N) is 1. The molecule has 0 amide bonds. The van der Waals surface area contributed by atoms with Crippen molar-refractivity contribution in [2.75, 3.05) is 0 Å². The summed E-state index contributed by atoms with van der Waals surface area (Å²) in [7, 11) is 0. The lowest BCUT2D eigenvalue weighted by Crippen LogP contribution is -2.12. The van der Waals surface area contributed by atoms with E-state index in [0.29, 0.717) is 0 Å². The van der Waals surface area contributed by atoms with Gasteiger partial charge in [-0.2, -0.15) is 0 Å². The molecule has 17 heavy (non-hydrogen) atoms. The second kappa shape index (κ2) is 6.40. The van der Waals surface area contributed by atoms with Crippen LogP contribution in [-0.2, 0) is 0 Å². The topological polar surface area (TPSA) is 48.1 Å². The van der Waals surface area contributed by atoms with Crippen LogP contribution in [0.25, 0.3) is 5.57 Å². The van der Waals surface area contributed by atoms with E-state index in [-0.39, 0.29) is 12.1 Å². The van der Waals surface area contributed by atoms with E-state index in [1.165, 1.54) is 5.57 Å². The van der Waals surface area contributed by atoms with Crippen LogP contribution in [0.2, 0.25) is 0 Å². The standard InChI is InChI=1S/C14H22N2O/c1-10(2)17-14-7-13(8-16-9-14)11(3)5-6-12(4)15/h5,7-10,12H,6,15H2,1-4H3. The molecule has 1 aromatic heterocycles. The van der Waals surface area contributed by atoms with Crippen LogP contribution in [0, 0.1) is 0 Å². The number of nitrogens with zero attached hydrogens (tertiary/aromatic N) is 1. The first-order valence-electron chi connectivity index (χ1n) is 6.03. The minimum atomic E-state index is 0.167. The highest BCUT2D eigenvalue weighted by atomic mass is 16.5. The Morgan fingerprint density at radius 1 is 1.41 bits per heavy atom. The quantitative estimate of drug-likeness (QED) is 0.852. The highest BCUT2D eigenvalue weighted by Crippen LogP contribution is 2.19. The molecule has 0 aliphatic heterocycles. The molecule has 0 aliphatic rings. The zero-order valence-corrected chi connectivity index (χ0v) is 11.1. The number of hydrogen-bond acceptors (Lipinski definition) is 3. The van der Waals surface area contributed by atoms with Gasteiger partial charge < -0.3 is 10.5 Å². The van der Waals surface area contributed by atoms with Gasteiger partial charge >= 0.3 is 0 Å². The Morgan fingerprint density at radius 3 is 2.71 bits per heavy atom. The van der Waals surface area contributed by atoms with Crippen molar-refractivity contribution in [3.05, 3.63) is 30.1 Å². The highest BCUT2D eigenvalue weighted by Gasteiger charge is 2.02. The number of hydrogen-bond donors (Lipinski definition) is 1. The van der Waals surface area contributed by atoms with E-state index in [2.05, 4.69) is 18.0 Å². The predicted octanol–water partition coefficient (Wildman–Crippen LogP) is 3.01. The summed E-state index contributed by atoms with van der Waals surface area (Å²) in [6.07, 6.45) is 6.77. The third-order valence-corrected chi connectivity index (χ3v) is 2.34. The lowest BCUT2D eigenvalue weighted by molar-refractivity contribution is 0.241. The monoisotopic (exact) mass is 234 g/mol. The van der Waals surface area contributed by atoms with Crippen LogP contribution in [0.5, 0.6) is 5.75 Å². The molecule has 0 saturated heterocycles. The molecule has 0 radical (unpaired) electrons. The van der Waals surface area contributed by atoms with Gasteiger partial charge in [0.15, 0.2) is 0 Å². The lowest BCUT2D eigenvalue weighted by atomic mass is 10.1. The van der Waals surface area contributed by atoms with Crippen LogP contribution in [0.1, 0.15) is 39.7 Å². The van der Waals surface area contributed by atoms with Crippen molar-refractivity contribution in [3.63, 3.8) is 0 Å². The predicted molar refractivity (Wildman–Crippen MR) is 71.9 cm³/mol. The van der Waals surface area contributed by atoms with Gasteiger partial charge in [0, 0.05) is 12.2 Å². The molecular formula is C14H22N2O. The summed E-state index contributed by atoms with van der Waals surface area (Å²) < 4.78 is 5.62. The molecule has 1 unspecified atom stereocenters. The van der Waals surface area contributed by atoms with Crippen molar-refractivity contribution < 1.29 is 4.74 Å². The molecule has 1 atom stereocenters.